The van der Waals surface area contributed by atoms with Crippen molar-refractivity contribution < 1.29 is 22.7 Å². The molecule has 0 saturated carbocycles. The molecule has 1 N–H and O–H groups in total. The Morgan fingerprint density at radius 2 is 1.72 bits per heavy atom. The van der Waals surface area contributed by atoms with Crippen molar-refractivity contribution in [3.63, 3.8) is 0 Å². The summed E-state index contributed by atoms with van der Waals surface area (Å²) in [5, 5.41) is 2.80. The lowest BCUT2D eigenvalue weighted by atomic mass is 9.98. The van der Waals surface area contributed by atoms with Crippen molar-refractivity contribution in [2.45, 2.75) is 24.7 Å². The average molecular weight is 416 g/mol. The fourth-order valence-corrected chi connectivity index (χ4v) is 4.81. The van der Waals surface area contributed by atoms with Crippen LogP contribution in [-0.4, -0.2) is 44.8 Å². The quantitative estimate of drug-likeness (QED) is 0.757. The highest BCUT2D eigenvalue weighted by molar-refractivity contribution is 7.89. The third kappa shape index (κ3) is 4.83. The van der Waals surface area contributed by atoms with Gasteiger partial charge in [-0.15, -0.1) is 0 Å². The van der Waals surface area contributed by atoms with Crippen LogP contribution in [0, 0.1) is 12.8 Å². The first-order chi connectivity index (χ1) is 13.8. The molecule has 1 amide bonds. The van der Waals surface area contributed by atoms with E-state index in [1.54, 1.807) is 48.5 Å². The number of esters is 1. The number of hydrogen-bond donors (Lipinski definition) is 1. The number of hydrogen-bond acceptors (Lipinski definition) is 5. The van der Waals surface area contributed by atoms with Gasteiger partial charge < -0.3 is 10.1 Å². The average Bonchev–Trinajstić information content (AvgIpc) is 2.74. The van der Waals surface area contributed by atoms with E-state index in [9.17, 15) is 18.0 Å². The van der Waals surface area contributed by atoms with E-state index in [2.05, 4.69) is 10.1 Å². The molecule has 0 radical (unpaired) electrons. The second-order valence-electron chi connectivity index (χ2n) is 7.07. The van der Waals surface area contributed by atoms with Crippen LogP contribution in [0.15, 0.2) is 53.4 Å². The molecule has 8 heteroatoms. The Bertz CT molecular complexity index is 985. The molecule has 0 bridgehead atoms. The van der Waals surface area contributed by atoms with E-state index in [1.165, 1.54) is 11.4 Å². The maximum Gasteiger partial charge on any atom is 0.337 e. The lowest BCUT2D eigenvalue weighted by molar-refractivity contribution is -0.120. The van der Waals surface area contributed by atoms with Crippen molar-refractivity contribution >= 4 is 27.6 Å². The molecule has 29 heavy (non-hydrogen) atoms. The standard InChI is InChI=1S/C21H24N2O5S/c1-15-5-11-19(12-6-15)29(26,27)23-13-3-4-17(14-23)20(24)22-18-9-7-16(8-10-18)21(25)28-2/h5-12,17H,3-4,13-14H2,1-2H3,(H,22,24)/t17-/m0/s1. The van der Waals surface area contributed by atoms with Crippen molar-refractivity contribution in [2.75, 3.05) is 25.5 Å². The van der Waals surface area contributed by atoms with Crippen LogP contribution in [-0.2, 0) is 19.6 Å². The number of amides is 1. The van der Waals surface area contributed by atoms with Gasteiger partial charge in [0.15, 0.2) is 0 Å². The van der Waals surface area contributed by atoms with Gasteiger partial charge in [0.2, 0.25) is 15.9 Å². The number of anilines is 1. The molecule has 1 aliphatic rings. The van der Waals surface area contributed by atoms with Gasteiger partial charge in [0, 0.05) is 18.8 Å². The summed E-state index contributed by atoms with van der Waals surface area (Å²) in [5.74, 6) is -1.13. The molecule has 0 aromatic heterocycles. The molecule has 1 heterocycles. The number of methoxy groups -OCH3 is 1. The molecule has 0 unspecified atom stereocenters. The van der Waals surface area contributed by atoms with Gasteiger partial charge in [0.05, 0.1) is 23.5 Å². The van der Waals surface area contributed by atoms with Gasteiger partial charge in [-0.3, -0.25) is 4.79 Å². The van der Waals surface area contributed by atoms with Crippen LogP contribution in [0.3, 0.4) is 0 Å². The monoisotopic (exact) mass is 416 g/mol. The first-order valence-electron chi connectivity index (χ1n) is 9.37. The SMILES string of the molecule is COC(=O)c1ccc(NC(=O)[C@H]2CCCN(S(=O)(=O)c3ccc(C)cc3)C2)cc1. The van der Waals surface area contributed by atoms with Gasteiger partial charge >= 0.3 is 5.97 Å². The number of nitrogens with zero attached hydrogens (tertiary/aromatic N) is 1. The largest absolute Gasteiger partial charge is 0.465 e. The normalized spacial score (nSPS) is 17.5. The van der Waals surface area contributed by atoms with Gasteiger partial charge in [0.25, 0.3) is 0 Å². The van der Waals surface area contributed by atoms with E-state index in [-0.39, 0.29) is 17.3 Å². The van der Waals surface area contributed by atoms with Crippen molar-refractivity contribution in [3.8, 4) is 0 Å². The van der Waals surface area contributed by atoms with Crippen LogP contribution in [0.5, 0.6) is 0 Å². The number of ether oxygens (including phenoxy) is 1. The number of carbonyl (C=O) groups excluding carboxylic acids is 2. The zero-order chi connectivity index (χ0) is 21.0. The second kappa shape index (κ2) is 8.75. The summed E-state index contributed by atoms with van der Waals surface area (Å²) in [4.78, 5) is 24.4. The number of aryl methyl sites for hydroxylation is 1. The van der Waals surface area contributed by atoms with E-state index in [1.807, 2.05) is 6.92 Å². The molecule has 2 aromatic carbocycles. The Morgan fingerprint density at radius 1 is 1.07 bits per heavy atom. The van der Waals surface area contributed by atoms with Crippen LogP contribution >= 0.6 is 0 Å². The number of carbonyl (C=O) groups is 2. The number of sulfonamides is 1. The molecule has 1 atom stereocenters. The van der Waals surface area contributed by atoms with E-state index in [0.717, 1.165) is 5.56 Å². The van der Waals surface area contributed by atoms with E-state index < -0.39 is 21.9 Å². The lowest BCUT2D eigenvalue weighted by Gasteiger charge is -2.31. The summed E-state index contributed by atoms with van der Waals surface area (Å²) in [6.45, 7) is 2.44. The number of benzene rings is 2. The molecule has 1 fully saturated rings. The zero-order valence-corrected chi connectivity index (χ0v) is 17.2. The predicted octanol–water partition coefficient (Wildman–Crippen LogP) is 2.82. The number of piperidine rings is 1. The highest BCUT2D eigenvalue weighted by Gasteiger charge is 2.33. The number of rotatable bonds is 5. The highest BCUT2D eigenvalue weighted by Crippen LogP contribution is 2.25. The van der Waals surface area contributed by atoms with Gasteiger partial charge in [-0.25, -0.2) is 13.2 Å². The molecule has 154 valence electrons. The molecule has 1 saturated heterocycles. The van der Waals surface area contributed by atoms with Gasteiger partial charge in [-0.05, 0) is 56.2 Å². The first kappa shape index (κ1) is 21.0. The summed E-state index contributed by atoms with van der Waals surface area (Å²) in [7, 11) is -2.33. The Balaban J connectivity index is 1.67. The molecular weight excluding hydrogens is 392 g/mol. The molecular formula is C21H24N2O5S. The van der Waals surface area contributed by atoms with Crippen LogP contribution in [0.25, 0.3) is 0 Å². The minimum absolute atomic E-state index is 0.141. The lowest BCUT2D eigenvalue weighted by Crippen LogP contribution is -2.43. The fourth-order valence-electron chi connectivity index (χ4n) is 3.29. The van der Waals surface area contributed by atoms with Crippen LogP contribution in [0.4, 0.5) is 5.69 Å². The molecule has 0 aliphatic carbocycles. The van der Waals surface area contributed by atoms with E-state index >= 15 is 0 Å². The van der Waals surface area contributed by atoms with Crippen molar-refractivity contribution in [2.24, 2.45) is 5.92 Å². The summed E-state index contributed by atoms with van der Waals surface area (Å²) >= 11 is 0. The summed E-state index contributed by atoms with van der Waals surface area (Å²) in [5.41, 5.74) is 1.91. The maximum absolute atomic E-state index is 12.9. The molecule has 2 aromatic rings. The Hall–Kier alpha value is -2.71. The zero-order valence-electron chi connectivity index (χ0n) is 16.4. The maximum atomic E-state index is 12.9. The first-order valence-corrected chi connectivity index (χ1v) is 10.8. The molecule has 7 nitrogen and oxygen atoms in total. The Labute approximate surface area is 170 Å². The highest BCUT2D eigenvalue weighted by atomic mass is 32.2. The fraction of sp³-hybridized carbons (Fsp3) is 0.333. The van der Waals surface area contributed by atoms with E-state index in [4.69, 9.17) is 0 Å². The van der Waals surface area contributed by atoms with Crippen LogP contribution in [0.2, 0.25) is 0 Å². The summed E-state index contributed by atoms with van der Waals surface area (Å²) in [6.07, 6.45) is 1.23. The van der Waals surface area contributed by atoms with Gasteiger partial charge in [-0.2, -0.15) is 4.31 Å². The van der Waals surface area contributed by atoms with Gasteiger partial charge in [-0.1, -0.05) is 17.7 Å². The Morgan fingerprint density at radius 3 is 2.34 bits per heavy atom. The third-order valence-corrected chi connectivity index (χ3v) is 6.87. The summed E-state index contributed by atoms with van der Waals surface area (Å²) in [6, 6.07) is 13.1. The van der Waals surface area contributed by atoms with Crippen molar-refractivity contribution in [1.29, 1.82) is 0 Å². The van der Waals surface area contributed by atoms with Crippen LogP contribution in [0.1, 0.15) is 28.8 Å². The van der Waals surface area contributed by atoms with E-state index in [0.29, 0.717) is 30.6 Å². The molecule has 0 spiro atoms. The predicted molar refractivity (Wildman–Crippen MR) is 109 cm³/mol. The Kier molecular flexibility index (Phi) is 6.34. The topological polar surface area (TPSA) is 92.8 Å². The smallest absolute Gasteiger partial charge is 0.337 e. The van der Waals surface area contributed by atoms with Gasteiger partial charge in [0.1, 0.15) is 0 Å². The minimum Gasteiger partial charge on any atom is -0.465 e. The third-order valence-electron chi connectivity index (χ3n) is 4.99. The molecule has 1 aliphatic heterocycles. The van der Waals surface area contributed by atoms with Crippen molar-refractivity contribution in [1.82, 2.24) is 4.31 Å². The van der Waals surface area contributed by atoms with Crippen molar-refractivity contribution in [3.05, 3.63) is 59.7 Å². The molecule has 3 rings (SSSR count). The second-order valence-corrected chi connectivity index (χ2v) is 9.01. The van der Waals surface area contributed by atoms with Crippen LogP contribution < -0.4 is 5.32 Å². The minimum atomic E-state index is -3.63. The summed E-state index contributed by atoms with van der Waals surface area (Å²) < 4.78 is 31.8. The number of nitrogens with one attached hydrogen (secondary N) is 1.